The van der Waals surface area contributed by atoms with Crippen LogP contribution in [0.1, 0.15) is 0 Å². The van der Waals surface area contributed by atoms with Gasteiger partial charge in [-0.2, -0.15) is 0 Å². The van der Waals surface area contributed by atoms with Crippen LogP contribution in [0.3, 0.4) is 0 Å². The number of amides is 1. The second kappa shape index (κ2) is 3.17. The predicted octanol–water partition coefficient (Wildman–Crippen LogP) is 0.484. The summed E-state index contributed by atoms with van der Waals surface area (Å²) in [6.07, 6.45) is -0.687. The second-order valence-corrected chi connectivity index (χ2v) is 3.03. The van der Waals surface area contributed by atoms with Gasteiger partial charge in [-0.3, -0.25) is 4.79 Å². The monoisotopic (exact) mass is 196 g/mol. The third kappa shape index (κ3) is 1.48. The van der Waals surface area contributed by atoms with Gasteiger partial charge in [-0.1, -0.05) is 0 Å². The standard InChI is InChI=1S/C9H9FN2O2/c10-5-1-2-7-6(3-5)12-4-8(14-7)9(11)13/h1-3,8,12H,4H2,(H2,11,13). The van der Waals surface area contributed by atoms with Crippen LogP contribution >= 0.6 is 0 Å². The number of anilines is 1. The molecule has 1 aromatic carbocycles. The van der Waals surface area contributed by atoms with Crippen molar-refractivity contribution in [1.82, 2.24) is 0 Å². The smallest absolute Gasteiger partial charge is 0.260 e. The number of nitrogens with one attached hydrogen (secondary N) is 1. The zero-order chi connectivity index (χ0) is 10.1. The Kier molecular flexibility index (Phi) is 1.99. The van der Waals surface area contributed by atoms with Gasteiger partial charge >= 0.3 is 0 Å². The average molecular weight is 196 g/mol. The largest absolute Gasteiger partial charge is 0.477 e. The molecule has 0 aromatic heterocycles. The molecule has 0 saturated heterocycles. The Morgan fingerprint density at radius 2 is 2.43 bits per heavy atom. The molecule has 1 aliphatic rings. The molecule has 1 unspecified atom stereocenters. The zero-order valence-corrected chi connectivity index (χ0v) is 7.29. The van der Waals surface area contributed by atoms with Gasteiger partial charge < -0.3 is 15.8 Å². The minimum Gasteiger partial charge on any atom is -0.477 e. The van der Waals surface area contributed by atoms with Crippen molar-refractivity contribution in [2.24, 2.45) is 5.73 Å². The van der Waals surface area contributed by atoms with E-state index < -0.39 is 12.0 Å². The Labute approximate surface area is 79.9 Å². The fourth-order valence-electron chi connectivity index (χ4n) is 1.30. The molecule has 74 valence electrons. The fourth-order valence-corrected chi connectivity index (χ4v) is 1.30. The van der Waals surface area contributed by atoms with E-state index in [4.69, 9.17) is 10.5 Å². The Morgan fingerprint density at radius 1 is 1.64 bits per heavy atom. The van der Waals surface area contributed by atoms with Crippen molar-refractivity contribution >= 4 is 11.6 Å². The van der Waals surface area contributed by atoms with Crippen LogP contribution < -0.4 is 15.8 Å². The lowest BCUT2D eigenvalue weighted by Crippen LogP contribution is -2.41. The highest BCUT2D eigenvalue weighted by Crippen LogP contribution is 2.29. The molecule has 2 rings (SSSR count). The van der Waals surface area contributed by atoms with Crippen molar-refractivity contribution in [2.45, 2.75) is 6.10 Å². The van der Waals surface area contributed by atoms with Crippen LogP contribution in [0, 0.1) is 5.82 Å². The highest BCUT2D eigenvalue weighted by molar-refractivity contribution is 5.81. The Balaban J connectivity index is 2.27. The zero-order valence-electron chi connectivity index (χ0n) is 7.29. The van der Waals surface area contributed by atoms with Crippen molar-refractivity contribution in [3.8, 4) is 5.75 Å². The van der Waals surface area contributed by atoms with E-state index in [0.717, 1.165) is 0 Å². The molecular weight excluding hydrogens is 187 g/mol. The van der Waals surface area contributed by atoms with Gasteiger partial charge in [0.05, 0.1) is 12.2 Å². The van der Waals surface area contributed by atoms with Gasteiger partial charge in [-0.15, -0.1) is 0 Å². The molecule has 0 aliphatic carbocycles. The summed E-state index contributed by atoms with van der Waals surface area (Å²) in [7, 11) is 0. The van der Waals surface area contributed by atoms with Crippen LogP contribution in [-0.2, 0) is 4.79 Å². The van der Waals surface area contributed by atoms with Crippen LogP contribution in [-0.4, -0.2) is 18.6 Å². The van der Waals surface area contributed by atoms with Crippen molar-refractivity contribution in [1.29, 1.82) is 0 Å². The molecule has 0 radical (unpaired) electrons. The number of halogens is 1. The lowest BCUT2D eigenvalue weighted by molar-refractivity contribution is -0.124. The number of rotatable bonds is 1. The molecule has 0 bridgehead atoms. The predicted molar refractivity (Wildman–Crippen MR) is 48.5 cm³/mol. The van der Waals surface area contributed by atoms with Gasteiger partial charge in [0.1, 0.15) is 11.6 Å². The van der Waals surface area contributed by atoms with Crippen LogP contribution in [0.4, 0.5) is 10.1 Å². The first-order chi connectivity index (χ1) is 6.66. The number of carbonyl (C=O) groups is 1. The van der Waals surface area contributed by atoms with Crippen molar-refractivity contribution in [3.63, 3.8) is 0 Å². The molecule has 0 fully saturated rings. The van der Waals surface area contributed by atoms with E-state index >= 15 is 0 Å². The van der Waals surface area contributed by atoms with Gasteiger partial charge in [-0.25, -0.2) is 4.39 Å². The summed E-state index contributed by atoms with van der Waals surface area (Å²) in [6.45, 7) is 0.270. The number of hydrogen-bond acceptors (Lipinski definition) is 3. The maximum Gasteiger partial charge on any atom is 0.260 e. The molecule has 1 amide bonds. The SMILES string of the molecule is NC(=O)C1CNc2cc(F)ccc2O1. The first kappa shape index (κ1) is 8.80. The summed E-state index contributed by atoms with van der Waals surface area (Å²) in [5, 5.41) is 2.87. The number of nitrogens with two attached hydrogens (primary N) is 1. The second-order valence-electron chi connectivity index (χ2n) is 3.03. The summed E-state index contributed by atoms with van der Waals surface area (Å²) in [4.78, 5) is 10.8. The normalized spacial score (nSPS) is 19.1. The number of ether oxygens (including phenoxy) is 1. The maximum absolute atomic E-state index is 12.8. The topological polar surface area (TPSA) is 64.4 Å². The van der Waals surface area contributed by atoms with E-state index in [1.165, 1.54) is 18.2 Å². The van der Waals surface area contributed by atoms with E-state index in [-0.39, 0.29) is 12.4 Å². The quantitative estimate of drug-likeness (QED) is 0.686. The van der Waals surface area contributed by atoms with Crippen molar-refractivity contribution < 1.29 is 13.9 Å². The minimum absolute atomic E-state index is 0.270. The molecule has 1 atom stereocenters. The molecule has 3 N–H and O–H groups in total. The van der Waals surface area contributed by atoms with Crippen molar-refractivity contribution in [3.05, 3.63) is 24.0 Å². The summed E-state index contributed by atoms with van der Waals surface area (Å²) >= 11 is 0. The third-order valence-electron chi connectivity index (χ3n) is 2.01. The van der Waals surface area contributed by atoms with Gasteiger partial charge in [0, 0.05) is 6.07 Å². The Hall–Kier alpha value is -1.78. The average Bonchev–Trinajstić information content (AvgIpc) is 2.16. The summed E-state index contributed by atoms with van der Waals surface area (Å²) in [6, 6.07) is 4.04. The Bertz CT molecular complexity index is 381. The van der Waals surface area contributed by atoms with Crippen LogP contribution in [0.2, 0.25) is 0 Å². The minimum atomic E-state index is -0.687. The summed E-state index contributed by atoms with van der Waals surface area (Å²) < 4.78 is 18.0. The van der Waals surface area contributed by atoms with E-state index in [9.17, 15) is 9.18 Å². The summed E-state index contributed by atoms with van der Waals surface area (Å²) in [5.74, 6) is -0.439. The van der Waals surface area contributed by atoms with E-state index in [1.54, 1.807) is 0 Å². The van der Waals surface area contributed by atoms with Gasteiger partial charge in [0.25, 0.3) is 5.91 Å². The summed E-state index contributed by atoms with van der Waals surface area (Å²) in [5.41, 5.74) is 5.62. The molecule has 5 heteroatoms. The molecule has 4 nitrogen and oxygen atoms in total. The van der Waals surface area contributed by atoms with Gasteiger partial charge in [0.15, 0.2) is 6.10 Å². The lowest BCUT2D eigenvalue weighted by Gasteiger charge is -2.24. The van der Waals surface area contributed by atoms with Crippen LogP contribution in [0.15, 0.2) is 18.2 Å². The highest BCUT2D eigenvalue weighted by atomic mass is 19.1. The molecule has 1 aromatic rings. The number of carbonyl (C=O) groups excluding carboxylic acids is 1. The molecule has 0 saturated carbocycles. The lowest BCUT2D eigenvalue weighted by atomic mass is 10.2. The third-order valence-corrected chi connectivity index (χ3v) is 2.01. The van der Waals surface area contributed by atoms with Gasteiger partial charge in [-0.05, 0) is 12.1 Å². The molecule has 0 spiro atoms. The molecule has 1 heterocycles. The fraction of sp³-hybridized carbons (Fsp3) is 0.222. The highest BCUT2D eigenvalue weighted by Gasteiger charge is 2.23. The molecule has 1 aliphatic heterocycles. The molecular formula is C9H9FN2O2. The number of primary amides is 1. The van der Waals surface area contributed by atoms with Gasteiger partial charge in [0.2, 0.25) is 0 Å². The molecule has 14 heavy (non-hydrogen) atoms. The number of hydrogen-bond donors (Lipinski definition) is 2. The van der Waals surface area contributed by atoms with E-state index in [2.05, 4.69) is 5.32 Å². The van der Waals surface area contributed by atoms with Crippen molar-refractivity contribution in [2.75, 3.05) is 11.9 Å². The number of benzene rings is 1. The maximum atomic E-state index is 12.8. The van der Waals surface area contributed by atoms with Crippen LogP contribution in [0.25, 0.3) is 0 Å². The first-order valence-corrected chi connectivity index (χ1v) is 4.16. The van der Waals surface area contributed by atoms with Crippen LogP contribution in [0.5, 0.6) is 5.75 Å². The Morgan fingerprint density at radius 3 is 3.14 bits per heavy atom. The first-order valence-electron chi connectivity index (χ1n) is 4.16. The van der Waals surface area contributed by atoms with E-state index in [1.807, 2.05) is 0 Å². The van der Waals surface area contributed by atoms with E-state index in [0.29, 0.717) is 11.4 Å². The number of fused-ring (bicyclic) bond motifs is 1.